The van der Waals surface area contributed by atoms with Gasteiger partial charge in [-0.05, 0) is 19.3 Å². The van der Waals surface area contributed by atoms with Crippen molar-refractivity contribution in [2.24, 2.45) is 0 Å². The first-order valence-electron chi connectivity index (χ1n) is 7.40. The summed E-state index contributed by atoms with van der Waals surface area (Å²) in [4.78, 5) is 4.51. The van der Waals surface area contributed by atoms with E-state index < -0.39 is 11.7 Å². The lowest BCUT2D eigenvalue weighted by Gasteiger charge is -2.32. The summed E-state index contributed by atoms with van der Waals surface area (Å²) in [5, 5.41) is 14.1. The zero-order valence-corrected chi connectivity index (χ0v) is 11.9. The van der Waals surface area contributed by atoms with Gasteiger partial charge in [0, 0.05) is 13.7 Å². The summed E-state index contributed by atoms with van der Waals surface area (Å²) in [7, 11) is 1.71. The van der Waals surface area contributed by atoms with Crippen molar-refractivity contribution < 1.29 is 19.1 Å². The average molecular weight is 282 g/mol. The van der Waals surface area contributed by atoms with Gasteiger partial charge < -0.3 is 19.1 Å². The van der Waals surface area contributed by atoms with E-state index in [9.17, 15) is 5.11 Å². The number of aliphatic hydroxyl groups excluding tert-OH is 1. The van der Waals surface area contributed by atoms with Crippen molar-refractivity contribution in [2.45, 2.75) is 56.1 Å². The molecule has 2 heterocycles. The summed E-state index contributed by atoms with van der Waals surface area (Å²) < 4.78 is 16.5. The second-order valence-corrected chi connectivity index (χ2v) is 5.75. The molecule has 0 bridgehead atoms. The van der Waals surface area contributed by atoms with Crippen molar-refractivity contribution in [3.63, 3.8) is 0 Å². The number of ether oxygens (including phenoxy) is 2. The van der Waals surface area contributed by atoms with Crippen molar-refractivity contribution in [1.29, 1.82) is 0 Å². The Kier molecular flexibility index (Phi) is 4.05. The van der Waals surface area contributed by atoms with Crippen LogP contribution in [-0.2, 0) is 15.1 Å². The van der Waals surface area contributed by atoms with Gasteiger partial charge >= 0.3 is 0 Å². The molecule has 3 rings (SSSR count). The first kappa shape index (κ1) is 14.0. The van der Waals surface area contributed by atoms with Crippen LogP contribution in [-0.4, -0.2) is 41.7 Å². The van der Waals surface area contributed by atoms with Gasteiger partial charge in [0.15, 0.2) is 0 Å². The second-order valence-electron chi connectivity index (χ2n) is 5.75. The normalized spacial score (nSPS) is 30.3. The van der Waals surface area contributed by atoms with Crippen LogP contribution in [0.15, 0.2) is 4.52 Å². The van der Waals surface area contributed by atoms with Crippen LogP contribution in [0.4, 0.5) is 0 Å². The van der Waals surface area contributed by atoms with Crippen molar-refractivity contribution in [3.05, 3.63) is 11.7 Å². The molecule has 2 unspecified atom stereocenters. The molecule has 20 heavy (non-hydrogen) atoms. The molecule has 2 aliphatic rings. The average Bonchev–Trinajstić information content (AvgIpc) is 2.98. The van der Waals surface area contributed by atoms with Crippen LogP contribution in [0.3, 0.4) is 0 Å². The van der Waals surface area contributed by atoms with Gasteiger partial charge in [-0.1, -0.05) is 24.4 Å². The Labute approximate surface area is 118 Å². The molecular weight excluding hydrogens is 260 g/mol. The van der Waals surface area contributed by atoms with E-state index in [1.165, 1.54) is 6.42 Å². The Morgan fingerprint density at radius 2 is 2.10 bits per heavy atom. The third kappa shape index (κ3) is 2.47. The monoisotopic (exact) mass is 282 g/mol. The Morgan fingerprint density at radius 1 is 1.30 bits per heavy atom. The number of rotatable bonds is 3. The highest BCUT2D eigenvalue weighted by Crippen LogP contribution is 2.39. The first-order chi connectivity index (χ1) is 9.75. The Morgan fingerprint density at radius 3 is 2.80 bits per heavy atom. The fourth-order valence-corrected chi connectivity index (χ4v) is 3.18. The van der Waals surface area contributed by atoms with Gasteiger partial charge in [0.05, 0.1) is 18.6 Å². The van der Waals surface area contributed by atoms with E-state index in [1.54, 1.807) is 7.11 Å². The van der Waals surface area contributed by atoms with Gasteiger partial charge in [0.1, 0.15) is 5.60 Å². The minimum Gasteiger partial charge on any atom is -0.392 e. The maximum atomic E-state index is 10.0. The first-order valence-corrected chi connectivity index (χ1v) is 7.40. The number of aromatic nitrogens is 2. The zero-order chi connectivity index (χ0) is 14.0. The molecule has 0 aromatic carbocycles. The number of hydrogen-bond donors (Lipinski definition) is 1. The fourth-order valence-electron chi connectivity index (χ4n) is 3.18. The molecule has 0 amide bonds. The van der Waals surface area contributed by atoms with Gasteiger partial charge in [-0.25, -0.2) is 0 Å². The molecule has 1 aromatic heterocycles. The van der Waals surface area contributed by atoms with E-state index in [0.717, 1.165) is 25.7 Å². The SMILES string of the molecule is COC1(c2noc(C3COCCC3O)n2)CCCCC1. The molecule has 0 spiro atoms. The van der Waals surface area contributed by atoms with E-state index in [0.29, 0.717) is 31.3 Å². The summed E-state index contributed by atoms with van der Waals surface area (Å²) in [5.74, 6) is 0.865. The molecule has 1 saturated heterocycles. The molecule has 0 radical (unpaired) electrons. The van der Waals surface area contributed by atoms with Gasteiger partial charge in [-0.15, -0.1) is 0 Å². The van der Waals surface area contributed by atoms with Gasteiger partial charge in [-0.3, -0.25) is 0 Å². The van der Waals surface area contributed by atoms with E-state index in [2.05, 4.69) is 10.1 Å². The predicted molar refractivity (Wildman–Crippen MR) is 70.3 cm³/mol. The summed E-state index contributed by atoms with van der Waals surface area (Å²) in [5.41, 5.74) is -0.416. The molecular formula is C14H22N2O4. The van der Waals surface area contributed by atoms with Crippen LogP contribution < -0.4 is 0 Å². The van der Waals surface area contributed by atoms with Crippen LogP contribution in [0.25, 0.3) is 0 Å². The van der Waals surface area contributed by atoms with Crippen LogP contribution >= 0.6 is 0 Å². The number of nitrogens with zero attached hydrogens (tertiary/aromatic N) is 2. The molecule has 1 saturated carbocycles. The zero-order valence-electron chi connectivity index (χ0n) is 11.9. The molecule has 6 heteroatoms. The lowest BCUT2D eigenvalue weighted by Crippen LogP contribution is -2.33. The molecule has 1 aliphatic heterocycles. The smallest absolute Gasteiger partial charge is 0.234 e. The van der Waals surface area contributed by atoms with E-state index in [1.807, 2.05) is 0 Å². The maximum absolute atomic E-state index is 10.0. The van der Waals surface area contributed by atoms with Crippen molar-refractivity contribution in [2.75, 3.05) is 20.3 Å². The van der Waals surface area contributed by atoms with E-state index in [4.69, 9.17) is 14.0 Å². The highest BCUT2D eigenvalue weighted by atomic mass is 16.5. The molecule has 1 N–H and O–H groups in total. The topological polar surface area (TPSA) is 77.6 Å². The minimum atomic E-state index is -0.470. The van der Waals surface area contributed by atoms with Crippen molar-refractivity contribution in [3.8, 4) is 0 Å². The quantitative estimate of drug-likeness (QED) is 0.910. The van der Waals surface area contributed by atoms with E-state index in [-0.39, 0.29) is 5.92 Å². The third-order valence-electron chi connectivity index (χ3n) is 4.54. The lowest BCUT2D eigenvalue weighted by atomic mass is 9.84. The fraction of sp³-hybridized carbons (Fsp3) is 0.857. The molecule has 1 aromatic rings. The Bertz CT molecular complexity index is 442. The van der Waals surface area contributed by atoms with Crippen molar-refractivity contribution >= 4 is 0 Å². The predicted octanol–water partition coefficient (Wildman–Crippen LogP) is 1.74. The van der Waals surface area contributed by atoms with Crippen LogP contribution in [0.5, 0.6) is 0 Å². The van der Waals surface area contributed by atoms with Gasteiger partial charge in [0.25, 0.3) is 0 Å². The lowest BCUT2D eigenvalue weighted by molar-refractivity contribution is -0.0527. The van der Waals surface area contributed by atoms with Gasteiger partial charge in [0.2, 0.25) is 11.7 Å². The molecule has 1 aliphatic carbocycles. The molecule has 6 nitrogen and oxygen atoms in total. The van der Waals surface area contributed by atoms with Crippen molar-refractivity contribution in [1.82, 2.24) is 10.1 Å². The number of hydrogen-bond acceptors (Lipinski definition) is 6. The molecule has 112 valence electrons. The largest absolute Gasteiger partial charge is 0.392 e. The van der Waals surface area contributed by atoms with E-state index >= 15 is 0 Å². The van der Waals surface area contributed by atoms with Gasteiger partial charge in [-0.2, -0.15) is 4.98 Å². The number of aliphatic hydroxyl groups is 1. The standard InChI is InChI=1S/C14H22N2O4/c1-18-14(6-3-2-4-7-14)13-15-12(20-16-13)10-9-19-8-5-11(10)17/h10-11,17H,2-9H2,1H3. The molecule has 2 fully saturated rings. The summed E-state index contributed by atoms with van der Waals surface area (Å²) in [6.07, 6.45) is 5.45. The highest BCUT2D eigenvalue weighted by molar-refractivity contribution is 5.06. The Hall–Kier alpha value is -0.980. The van der Waals surface area contributed by atoms with Crippen LogP contribution in [0.1, 0.15) is 56.2 Å². The molecule has 2 atom stereocenters. The summed E-state index contributed by atoms with van der Waals surface area (Å²) in [6, 6.07) is 0. The van der Waals surface area contributed by atoms with Crippen LogP contribution in [0, 0.1) is 0 Å². The second kappa shape index (κ2) is 5.79. The minimum absolute atomic E-state index is 0.220. The summed E-state index contributed by atoms with van der Waals surface area (Å²) >= 11 is 0. The maximum Gasteiger partial charge on any atom is 0.234 e. The highest BCUT2D eigenvalue weighted by Gasteiger charge is 2.40. The number of methoxy groups -OCH3 is 1. The summed E-state index contributed by atoms with van der Waals surface area (Å²) in [6.45, 7) is 1.02. The third-order valence-corrected chi connectivity index (χ3v) is 4.54. The van der Waals surface area contributed by atoms with Crippen LogP contribution in [0.2, 0.25) is 0 Å². The Balaban J connectivity index is 1.81.